The summed E-state index contributed by atoms with van der Waals surface area (Å²) < 4.78 is 0. The van der Waals surface area contributed by atoms with Gasteiger partial charge >= 0.3 is 0 Å². The number of halogens is 1. The second-order valence-electron chi connectivity index (χ2n) is 3.86. The van der Waals surface area contributed by atoms with E-state index in [9.17, 15) is 0 Å². The highest BCUT2D eigenvalue weighted by molar-refractivity contribution is 6.30. The number of nitrogens with zero attached hydrogens (tertiary/aromatic N) is 2. The third kappa shape index (κ3) is 2.99. The molecule has 0 aromatic heterocycles. The molecule has 0 bridgehead atoms. The minimum atomic E-state index is -0.900. The summed E-state index contributed by atoms with van der Waals surface area (Å²) in [7, 11) is 0. The summed E-state index contributed by atoms with van der Waals surface area (Å²) in [6, 6.07) is 11.6. The Balaban J connectivity index is 2.89. The zero-order valence-corrected chi connectivity index (χ0v) is 9.96. The quantitative estimate of drug-likeness (QED) is 0.794. The maximum Gasteiger partial charge on any atom is 0.147 e. The first-order valence-electron chi connectivity index (χ1n) is 5.23. The molecule has 0 aliphatic carbocycles. The maximum absolute atomic E-state index is 9.12. The maximum atomic E-state index is 9.12. The molecule has 0 N–H and O–H groups in total. The van der Waals surface area contributed by atoms with E-state index in [1.165, 1.54) is 0 Å². The summed E-state index contributed by atoms with van der Waals surface area (Å²) in [4.78, 5) is 0. The third-order valence-electron chi connectivity index (χ3n) is 2.52. The molecule has 1 aromatic carbocycles. The Bertz CT molecular complexity index is 409. The summed E-state index contributed by atoms with van der Waals surface area (Å²) in [5.41, 5.74) is 0.0729. The van der Waals surface area contributed by atoms with Crippen LogP contribution in [0.5, 0.6) is 0 Å². The van der Waals surface area contributed by atoms with E-state index in [1.54, 1.807) is 12.1 Å². The van der Waals surface area contributed by atoms with Crippen molar-refractivity contribution >= 4 is 11.6 Å². The van der Waals surface area contributed by atoms with Crippen LogP contribution < -0.4 is 0 Å². The first kappa shape index (κ1) is 12.6. The Morgan fingerprint density at radius 2 is 1.75 bits per heavy atom. The van der Waals surface area contributed by atoms with Crippen molar-refractivity contribution in [2.24, 2.45) is 5.41 Å². The van der Waals surface area contributed by atoms with Gasteiger partial charge in [0.05, 0.1) is 12.1 Å². The molecule has 0 fully saturated rings. The molecule has 0 saturated carbocycles. The van der Waals surface area contributed by atoms with Gasteiger partial charge in [0.15, 0.2) is 0 Å². The standard InChI is InChI=1S/C13H13ClN2/c1-2-7-13(9-15,10-16)8-11-3-5-12(14)6-4-11/h3-6H,2,7-8H2,1H3. The van der Waals surface area contributed by atoms with Crippen LogP contribution in [0.2, 0.25) is 5.02 Å². The van der Waals surface area contributed by atoms with Gasteiger partial charge in [0.2, 0.25) is 0 Å². The molecular weight excluding hydrogens is 220 g/mol. The van der Waals surface area contributed by atoms with E-state index < -0.39 is 5.41 Å². The van der Waals surface area contributed by atoms with Gasteiger partial charge in [-0.1, -0.05) is 37.1 Å². The van der Waals surface area contributed by atoms with Crippen LogP contribution in [0.1, 0.15) is 25.3 Å². The number of rotatable bonds is 4. The van der Waals surface area contributed by atoms with E-state index in [0.717, 1.165) is 12.0 Å². The van der Waals surface area contributed by atoms with Gasteiger partial charge in [0.25, 0.3) is 0 Å². The molecule has 0 amide bonds. The first-order chi connectivity index (χ1) is 7.65. The fraction of sp³-hybridized carbons (Fsp3) is 0.385. The normalized spacial score (nSPS) is 10.5. The highest BCUT2D eigenvalue weighted by Crippen LogP contribution is 2.27. The molecule has 0 radical (unpaired) electrons. The first-order valence-corrected chi connectivity index (χ1v) is 5.60. The highest BCUT2D eigenvalue weighted by Gasteiger charge is 2.29. The third-order valence-corrected chi connectivity index (χ3v) is 2.78. The zero-order chi connectivity index (χ0) is 12.0. The minimum absolute atomic E-state index is 0.463. The van der Waals surface area contributed by atoms with E-state index in [1.807, 2.05) is 19.1 Å². The van der Waals surface area contributed by atoms with Crippen LogP contribution in [-0.4, -0.2) is 0 Å². The lowest BCUT2D eigenvalue weighted by molar-refractivity contribution is 0.467. The average Bonchev–Trinajstić information content (AvgIpc) is 2.31. The molecule has 0 unspecified atom stereocenters. The monoisotopic (exact) mass is 232 g/mol. The molecule has 1 rings (SSSR count). The SMILES string of the molecule is CCCC(C#N)(C#N)Cc1ccc(Cl)cc1. The Hall–Kier alpha value is -1.51. The van der Waals surface area contributed by atoms with Gasteiger partial charge < -0.3 is 0 Å². The van der Waals surface area contributed by atoms with Gasteiger partial charge in [-0.3, -0.25) is 0 Å². The molecule has 3 heteroatoms. The van der Waals surface area contributed by atoms with Crippen LogP contribution >= 0.6 is 11.6 Å². The van der Waals surface area contributed by atoms with Crippen molar-refractivity contribution in [1.29, 1.82) is 10.5 Å². The predicted molar refractivity (Wildman–Crippen MR) is 63.7 cm³/mol. The molecule has 2 nitrogen and oxygen atoms in total. The minimum Gasteiger partial charge on any atom is -0.197 e. The zero-order valence-electron chi connectivity index (χ0n) is 9.20. The van der Waals surface area contributed by atoms with Crippen molar-refractivity contribution in [2.75, 3.05) is 0 Å². The lowest BCUT2D eigenvalue weighted by Gasteiger charge is -2.17. The van der Waals surface area contributed by atoms with Crippen LogP contribution in [0.4, 0.5) is 0 Å². The smallest absolute Gasteiger partial charge is 0.147 e. The summed E-state index contributed by atoms with van der Waals surface area (Å²) in [6.07, 6.45) is 1.89. The van der Waals surface area contributed by atoms with Crippen molar-refractivity contribution in [1.82, 2.24) is 0 Å². The van der Waals surface area contributed by atoms with E-state index in [4.69, 9.17) is 22.1 Å². The Labute approximate surface area is 101 Å². The van der Waals surface area contributed by atoms with Crippen molar-refractivity contribution in [3.63, 3.8) is 0 Å². The molecule has 0 spiro atoms. The molecule has 0 atom stereocenters. The van der Waals surface area contributed by atoms with Crippen LogP contribution in [0.25, 0.3) is 0 Å². The molecule has 0 saturated heterocycles. The number of hydrogen-bond donors (Lipinski definition) is 0. The summed E-state index contributed by atoms with van der Waals surface area (Å²) in [5.74, 6) is 0. The average molecular weight is 233 g/mol. The van der Waals surface area contributed by atoms with E-state index in [2.05, 4.69) is 12.1 Å². The number of benzene rings is 1. The van der Waals surface area contributed by atoms with Crippen molar-refractivity contribution in [2.45, 2.75) is 26.2 Å². The fourth-order valence-electron chi connectivity index (χ4n) is 1.68. The largest absolute Gasteiger partial charge is 0.197 e. The molecule has 0 aliphatic rings. The Kier molecular flexibility index (Phi) is 4.35. The summed E-state index contributed by atoms with van der Waals surface area (Å²) in [6.45, 7) is 1.98. The summed E-state index contributed by atoms with van der Waals surface area (Å²) >= 11 is 5.78. The molecule has 82 valence electrons. The molecule has 1 aromatic rings. The molecule has 16 heavy (non-hydrogen) atoms. The van der Waals surface area contributed by atoms with E-state index in [0.29, 0.717) is 17.9 Å². The Morgan fingerprint density at radius 3 is 2.19 bits per heavy atom. The van der Waals surface area contributed by atoms with Crippen molar-refractivity contribution in [3.8, 4) is 12.1 Å². The van der Waals surface area contributed by atoms with Crippen molar-refractivity contribution in [3.05, 3.63) is 34.9 Å². The van der Waals surface area contributed by atoms with Crippen LogP contribution in [-0.2, 0) is 6.42 Å². The van der Waals surface area contributed by atoms with Gasteiger partial charge in [-0.25, -0.2) is 0 Å². The Morgan fingerprint density at radius 1 is 1.19 bits per heavy atom. The predicted octanol–water partition coefficient (Wildman–Crippen LogP) is 3.72. The molecule has 0 aliphatic heterocycles. The molecular formula is C13H13ClN2. The lowest BCUT2D eigenvalue weighted by atomic mass is 9.81. The van der Waals surface area contributed by atoms with Gasteiger partial charge in [0.1, 0.15) is 5.41 Å². The van der Waals surface area contributed by atoms with E-state index >= 15 is 0 Å². The number of nitriles is 2. The van der Waals surface area contributed by atoms with Crippen LogP contribution in [0, 0.1) is 28.1 Å². The van der Waals surface area contributed by atoms with Crippen molar-refractivity contribution < 1.29 is 0 Å². The second-order valence-corrected chi connectivity index (χ2v) is 4.30. The van der Waals surface area contributed by atoms with E-state index in [-0.39, 0.29) is 0 Å². The topological polar surface area (TPSA) is 47.6 Å². The fourth-order valence-corrected chi connectivity index (χ4v) is 1.81. The van der Waals surface area contributed by atoms with Crippen LogP contribution in [0.3, 0.4) is 0 Å². The van der Waals surface area contributed by atoms with Gasteiger partial charge in [-0.05, 0) is 24.1 Å². The number of hydrogen-bond acceptors (Lipinski definition) is 2. The highest BCUT2D eigenvalue weighted by atomic mass is 35.5. The van der Waals surface area contributed by atoms with Gasteiger partial charge in [-0.2, -0.15) is 10.5 Å². The second kappa shape index (κ2) is 5.54. The van der Waals surface area contributed by atoms with Gasteiger partial charge in [-0.15, -0.1) is 0 Å². The summed E-state index contributed by atoms with van der Waals surface area (Å²) in [5, 5.41) is 18.9. The molecule has 0 heterocycles. The van der Waals surface area contributed by atoms with Crippen LogP contribution in [0.15, 0.2) is 24.3 Å². The lowest BCUT2D eigenvalue weighted by Crippen LogP contribution is -2.19. The van der Waals surface area contributed by atoms with Gasteiger partial charge in [0, 0.05) is 11.4 Å².